The molecule has 2 aromatic rings. The van der Waals surface area contributed by atoms with Crippen molar-refractivity contribution in [2.24, 2.45) is 5.84 Å². The van der Waals surface area contributed by atoms with E-state index in [1.165, 1.54) is 16.7 Å². The zero-order chi connectivity index (χ0) is 13.8. The zero-order valence-corrected chi connectivity index (χ0v) is 11.4. The van der Waals surface area contributed by atoms with Crippen LogP contribution >= 0.6 is 0 Å². The summed E-state index contributed by atoms with van der Waals surface area (Å²) < 4.78 is 0. The highest BCUT2D eigenvalue weighted by atomic mass is 15.2. The summed E-state index contributed by atoms with van der Waals surface area (Å²) in [5, 5.41) is 0. The van der Waals surface area contributed by atoms with Crippen molar-refractivity contribution in [1.29, 1.82) is 0 Å². The second kappa shape index (κ2) is 5.82. The Bertz CT molecular complexity index is 546. The number of rotatable bonds is 4. The molecule has 4 heteroatoms. The number of hydrogen-bond acceptors (Lipinski definition) is 4. The molecular weight excluding hydrogens is 236 g/mol. The molecule has 1 unspecified atom stereocenters. The molecule has 5 N–H and O–H groups in total. The molecule has 0 saturated carbocycles. The number of aryl methyl sites for hydroxylation is 2. The first kappa shape index (κ1) is 13.5. The summed E-state index contributed by atoms with van der Waals surface area (Å²) in [6, 6.07) is 8.26. The van der Waals surface area contributed by atoms with Crippen molar-refractivity contribution in [3.8, 4) is 0 Å². The molecule has 19 heavy (non-hydrogen) atoms. The number of anilines is 1. The summed E-state index contributed by atoms with van der Waals surface area (Å²) in [6.45, 7) is 4.19. The number of hydrogen-bond donors (Lipinski definition) is 3. The van der Waals surface area contributed by atoms with Crippen LogP contribution in [0.25, 0.3) is 0 Å². The highest BCUT2D eigenvalue weighted by Gasteiger charge is 2.14. The first-order valence-electron chi connectivity index (χ1n) is 6.33. The maximum Gasteiger partial charge on any atom is 0.0535 e. The molecule has 0 bridgehead atoms. The number of nitrogens with one attached hydrogen (secondary N) is 1. The summed E-state index contributed by atoms with van der Waals surface area (Å²) in [6.07, 6.45) is 4.24. The number of nitrogen functional groups attached to an aromatic ring is 1. The molecule has 0 aliphatic carbocycles. The van der Waals surface area contributed by atoms with Gasteiger partial charge in [0, 0.05) is 23.6 Å². The van der Waals surface area contributed by atoms with E-state index in [2.05, 4.69) is 42.5 Å². The third-order valence-corrected chi connectivity index (χ3v) is 3.19. The molecule has 100 valence electrons. The summed E-state index contributed by atoms with van der Waals surface area (Å²) in [4.78, 5) is 4.12. The van der Waals surface area contributed by atoms with Crippen LogP contribution in [0, 0.1) is 13.8 Å². The number of nitrogens with zero attached hydrogens (tertiary/aromatic N) is 1. The first-order valence-corrected chi connectivity index (χ1v) is 6.33. The van der Waals surface area contributed by atoms with Crippen LogP contribution in [0.15, 0.2) is 36.7 Å². The third kappa shape index (κ3) is 3.30. The van der Waals surface area contributed by atoms with Crippen LogP contribution in [0.3, 0.4) is 0 Å². The Morgan fingerprint density at radius 1 is 1.21 bits per heavy atom. The molecule has 0 fully saturated rings. The number of hydrazine groups is 1. The Morgan fingerprint density at radius 3 is 2.47 bits per heavy atom. The van der Waals surface area contributed by atoms with E-state index in [9.17, 15) is 0 Å². The second-order valence-corrected chi connectivity index (χ2v) is 4.92. The van der Waals surface area contributed by atoms with Crippen molar-refractivity contribution in [1.82, 2.24) is 10.4 Å². The molecule has 4 nitrogen and oxygen atoms in total. The second-order valence-electron chi connectivity index (χ2n) is 4.92. The van der Waals surface area contributed by atoms with Crippen molar-refractivity contribution in [2.45, 2.75) is 26.3 Å². The average Bonchev–Trinajstić information content (AvgIpc) is 2.36. The highest BCUT2D eigenvalue weighted by molar-refractivity contribution is 5.46. The van der Waals surface area contributed by atoms with E-state index in [1.807, 2.05) is 0 Å². The number of nitrogens with two attached hydrogens (primary N) is 2. The van der Waals surface area contributed by atoms with Gasteiger partial charge in [-0.1, -0.05) is 29.3 Å². The van der Waals surface area contributed by atoms with Crippen LogP contribution in [0.5, 0.6) is 0 Å². The van der Waals surface area contributed by atoms with E-state index < -0.39 is 0 Å². The monoisotopic (exact) mass is 256 g/mol. The van der Waals surface area contributed by atoms with Crippen molar-refractivity contribution >= 4 is 5.69 Å². The first-order chi connectivity index (χ1) is 9.10. The maximum atomic E-state index is 5.97. The van der Waals surface area contributed by atoms with Crippen molar-refractivity contribution in [3.63, 3.8) is 0 Å². The van der Waals surface area contributed by atoms with Gasteiger partial charge in [-0.2, -0.15) is 0 Å². The molecule has 1 heterocycles. The zero-order valence-electron chi connectivity index (χ0n) is 11.4. The minimum atomic E-state index is -0.0325. The van der Waals surface area contributed by atoms with E-state index >= 15 is 0 Å². The van der Waals surface area contributed by atoms with Crippen molar-refractivity contribution in [2.75, 3.05) is 5.73 Å². The predicted octanol–water partition coefficient (Wildman–Crippen LogP) is 2.03. The quantitative estimate of drug-likeness (QED) is 0.578. The normalized spacial score (nSPS) is 12.4. The number of pyridine rings is 1. The SMILES string of the molecule is Cc1cc(C)cc(CC(NN)c2cnccc2N)c1. The standard InChI is InChI=1S/C15H20N4/c1-10-5-11(2)7-12(6-10)8-15(19-17)13-9-18-4-3-14(13)16/h3-7,9,15,19H,8,17H2,1-2H3,(H2,16,18). The van der Waals surface area contributed by atoms with E-state index in [0.717, 1.165) is 12.0 Å². The smallest absolute Gasteiger partial charge is 0.0535 e. The lowest BCUT2D eigenvalue weighted by molar-refractivity contribution is 0.551. The highest BCUT2D eigenvalue weighted by Crippen LogP contribution is 2.23. The molecule has 1 atom stereocenters. The lowest BCUT2D eigenvalue weighted by atomic mass is 9.97. The van der Waals surface area contributed by atoms with Crippen LogP contribution < -0.4 is 17.0 Å². The Balaban J connectivity index is 2.26. The third-order valence-electron chi connectivity index (χ3n) is 3.19. The fraction of sp³-hybridized carbons (Fsp3) is 0.267. The Morgan fingerprint density at radius 2 is 1.89 bits per heavy atom. The van der Waals surface area contributed by atoms with Gasteiger partial charge < -0.3 is 5.73 Å². The van der Waals surface area contributed by atoms with Crippen molar-refractivity contribution in [3.05, 3.63) is 58.9 Å². The summed E-state index contributed by atoms with van der Waals surface area (Å²) in [5.74, 6) is 5.66. The Kier molecular flexibility index (Phi) is 4.14. The molecule has 0 amide bonds. The van der Waals surface area contributed by atoms with Gasteiger partial charge in [-0.25, -0.2) is 0 Å². The number of aromatic nitrogens is 1. The van der Waals surface area contributed by atoms with Gasteiger partial charge in [0.1, 0.15) is 0 Å². The lowest BCUT2D eigenvalue weighted by Crippen LogP contribution is -2.30. The molecule has 0 radical (unpaired) electrons. The lowest BCUT2D eigenvalue weighted by Gasteiger charge is -2.18. The van der Waals surface area contributed by atoms with E-state index in [4.69, 9.17) is 11.6 Å². The topological polar surface area (TPSA) is 77.0 Å². The molecule has 2 rings (SSSR count). The van der Waals surface area contributed by atoms with Gasteiger partial charge in [-0.05, 0) is 31.9 Å². The Hall–Kier alpha value is -1.91. The molecule has 0 saturated heterocycles. The van der Waals surface area contributed by atoms with Gasteiger partial charge in [0.15, 0.2) is 0 Å². The molecule has 1 aromatic heterocycles. The summed E-state index contributed by atoms with van der Waals surface area (Å²) in [7, 11) is 0. The fourth-order valence-corrected chi connectivity index (χ4v) is 2.39. The molecular formula is C15H20N4. The largest absolute Gasteiger partial charge is 0.398 e. The summed E-state index contributed by atoms with van der Waals surface area (Å²) >= 11 is 0. The average molecular weight is 256 g/mol. The fourth-order valence-electron chi connectivity index (χ4n) is 2.39. The molecule has 0 spiro atoms. The molecule has 0 aliphatic heterocycles. The van der Waals surface area contributed by atoms with Gasteiger partial charge >= 0.3 is 0 Å². The predicted molar refractivity (Wildman–Crippen MR) is 78.3 cm³/mol. The Labute approximate surface area is 113 Å². The van der Waals surface area contributed by atoms with E-state index in [1.54, 1.807) is 18.5 Å². The van der Waals surface area contributed by atoms with Crippen LogP contribution in [-0.2, 0) is 6.42 Å². The van der Waals surface area contributed by atoms with Crippen LogP contribution in [0.1, 0.15) is 28.3 Å². The van der Waals surface area contributed by atoms with Crippen LogP contribution in [0.4, 0.5) is 5.69 Å². The maximum absolute atomic E-state index is 5.97. The van der Waals surface area contributed by atoms with E-state index in [-0.39, 0.29) is 6.04 Å². The molecule has 1 aromatic carbocycles. The summed E-state index contributed by atoms with van der Waals surface area (Å²) in [5.41, 5.74) is 14.2. The van der Waals surface area contributed by atoms with Gasteiger partial charge in [0.2, 0.25) is 0 Å². The van der Waals surface area contributed by atoms with Gasteiger partial charge in [0.25, 0.3) is 0 Å². The minimum Gasteiger partial charge on any atom is -0.398 e. The van der Waals surface area contributed by atoms with Crippen LogP contribution in [0.2, 0.25) is 0 Å². The van der Waals surface area contributed by atoms with Crippen molar-refractivity contribution < 1.29 is 0 Å². The molecule has 0 aliphatic rings. The van der Waals surface area contributed by atoms with E-state index in [0.29, 0.717) is 5.69 Å². The minimum absolute atomic E-state index is 0.0325. The van der Waals surface area contributed by atoms with Crippen LogP contribution in [-0.4, -0.2) is 4.98 Å². The van der Waals surface area contributed by atoms with Gasteiger partial charge in [0.05, 0.1) is 6.04 Å². The van der Waals surface area contributed by atoms with Gasteiger partial charge in [-0.15, -0.1) is 0 Å². The number of benzene rings is 1. The van der Waals surface area contributed by atoms with Gasteiger partial charge in [-0.3, -0.25) is 16.3 Å².